The second kappa shape index (κ2) is 4.94. The molecule has 0 saturated heterocycles. The van der Waals surface area contributed by atoms with Crippen LogP contribution in [0.4, 0.5) is 4.39 Å². The maximum atomic E-state index is 13.4. The zero-order valence-electron chi connectivity index (χ0n) is 9.03. The highest BCUT2D eigenvalue weighted by Crippen LogP contribution is 2.26. The van der Waals surface area contributed by atoms with Gasteiger partial charge in [0.2, 0.25) is 0 Å². The minimum absolute atomic E-state index is 0.0926. The van der Waals surface area contributed by atoms with Gasteiger partial charge in [0.25, 0.3) is 0 Å². The number of halogens is 1. The summed E-state index contributed by atoms with van der Waals surface area (Å²) in [5.41, 5.74) is 0.0406. The number of aryl methyl sites for hydroxylation is 1. The summed E-state index contributed by atoms with van der Waals surface area (Å²) in [6, 6.07) is 2.07. The second-order valence-electron chi connectivity index (χ2n) is 3.31. The molecule has 2 N–H and O–H groups in total. The average molecular weight is 228 g/mol. The maximum Gasteiger partial charge on any atom is 0.339 e. The Morgan fingerprint density at radius 1 is 1.56 bits per heavy atom. The van der Waals surface area contributed by atoms with Gasteiger partial charge in [0.15, 0.2) is 6.10 Å². The number of phenols is 1. The molecule has 5 heteroatoms. The van der Waals surface area contributed by atoms with Gasteiger partial charge in [0.1, 0.15) is 11.6 Å². The van der Waals surface area contributed by atoms with Gasteiger partial charge < -0.3 is 14.9 Å². The second-order valence-corrected chi connectivity index (χ2v) is 3.31. The van der Waals surface area contributed by atoms with Crippen LogP contribution >= 0.6 is 0 Å². The van der Waals surface area contributed by atoms with Crippen molar-refractivity contribution in [2.75, 3.05) is 6.61 Å². The van der Waals surface area contributed by atoms with Crippen molar-refractivity contribution in [1.82, 2.24) is 0 Å². The SMILES string of the molecule is CCOC(=O)C(O)c1cc(O)c(C)cc1F. The van der Waals surface area contributed by atoms with Crippen LogP contribution in [0.25, 0.3) is 0 Å². The summed E-state index contributed by atoms with van der Waals surface area (Å²) in [5.74, 6) is -1.87. The van der Waals surface area contributed by atoms with Gasteiger partial charge in [0, 0.05) is 5.56 Å². The van der Waals surface area contributed by atoms with Gasteiger partial charge in [-0.05, 0) is 31.5 Å². The van der Waals surface area contributed by atoms with Crippen LogP contribution in [0.5, 0.6) is 5.75 Å². The van der Waals surface area contributed by atoms with Crippen molar-refractivity contribution in [3.05, 3.63) is 29.1 Å². The molecule has 1 rings (SSSR count). The number of hydrogen-bond acceptors (Lipinski definition) is 4. The van der Waals surface area contributed by atoms with E-state index >= 15 is 0 Å². The Morgan fingerprint density at radius 3 is 2.75 bits per heavy atom. The molecule has 88 valence electrons. The smallest absolute Gasteiger partial charge is 0.339 e. The summed E-state index contributed by atoms with van der Waals surface area (Å²) in [4.78, 5) is 11.2. The number of carbonyl (C=O) groups is 1. The number of aromatic hydroxyl groups is 1. The van der Waals surface area contributed by atoms with Crippen LogP contribution in [0.2, 0.25) is 0 Å². The third-order valence-electron chi connectivity index (χ3n) is 2.12. The van der Waals surface area contributed by atoms with Gasteiger partial charge in [-0.3, -0.25) is 0 Å². The molecule has 0 radical (unpaired) electrons. The highest BCUT2D eigenvalue weighted by molar-refractivity contribution is 5.76. The van der Waals surface area contributed by atoms with E-state index in [4.69, 9.17) is 0 Å². The molecule has 1 unspecified atom stereocenters. The molecule has 1 aromatic rings. The van der Waals surface area contributed by atoms with E-state index in [0.29, 0.717) is 5.56 Å². The Labute approximate surface area is 92.3 Å². The molecule has 1 aromatic carbocycles. The van der Waals surface area contributed by atoms with E-state index in [1.54, 1.807) is 6.92 Å². The number of aliphatic hydroxyl groups is 1. The molecular weight excluding hydrogens is 215 g/mol. The molecule has 0 amide bonds. The molecule has 0 spiro atoms. The molecule has 4 nitrogen and oxygen atoms in total. The summed E-state index contributed by atoms with van der Waals surface area (Å²) in [5, 5.41) is 18.8. The van der Waals surface area contributed by atoms with E-state index in [9.17, 15) is 19.4 Å². The van der Waals surface area contributed by atoms with Crippen molar-refractivity contribution in [3.8, 4) is 5.75 Å². The van der Waals surface area contributed by atoms with E-state index in [1.807, 2.05) is 0 Å². The van der Waals surface area contributed by atoms with Crippen LogP contribution in [0.3, 0.4) is 0 Å². The fourth-order valence-electron chi connectivity index (χ4n) is 1.24. The highest BCUT2D eigenvalue weighted by atomic mass is 19.1. The number of benzene rings is 1. The van der Waals surface area contributed by atoms with E-state index in [-0.39, 0.29) is 17.9 Å². The van der Waals surface area contributed by atoms with Crippen molar-refractivity contribution in [3.63, 3.8) is 0 Å². The Bertz CT molecular complexity index is 403. The van der Waals surface area contributed by atoms with Crippen molar-refractivity contribution >= 4 is 5.97 Å². The number of ether oxygens (including phenoxy) is 1. The first-order valence-corrected chi connectivity index (χ1v) is 4.81. The van der Waals surface area contributed by atoms with E-state index in [2.05, 4.69) is 4.74 Å². The number of aliphatic hydroxyl groups excluding tert-OH is 1. The molecule has 0 bridgehead atoms. The number of hydrogen-bond donors (Lipinski definition) is 2. The predicted molar refractivity (Wildman–Crippen MR) is 54.4 cm³/mol. The molecule has 0 heterocycles. The van der Waals surface area contributed by atoms with Crippen LogP contribution < -0.4 is 0 Å². The lowest BCUT2D eigenvalue weighted by Gasteiger charge is -2.12. The summed E-state index contributed by atoms with van der Waals surface area (Å²) in [6.45, 7) is 3.18. The van der Waals surface area contributed by atoms with Crippen molar-refractivity contribution < 1.29 is 24.1 Å². The summed E-state index contributed by atoms with van der Waals surface area (Å²) >= 11 is 0. The molecule has 0 fully saturated rings. The van der Waals surface area contributed by atoms with E-state index < -0.39 is 17.9 Å². The number of carbonyl (C=O) groups excluding carboxylic acids is 1. The summed E-state index contributed by atoms with van der Waals surface area (Å²) in [7, 11) is 0. The minimum Gasteiger partial charge on any atom is -0.508 e. The predicted octanol–water partition coefficient (Wildman–Crippen LogP) is 1.44. The monoisotopic (exact) mass is 228 g/mol. The van der Waals surface area contributed by atoms with Gasteiger partial charge in [-0.1, -0.05) is 0 Å². The van der Waals surface area contributed by atoms with E-state index in [1.165, 1.54) is 6.92 Å². The number of rotatable bonds is 3. The largest absolute Gasteiger partial charge is 0.508 e. The van der Waals surface area contributed by atoms with Gasteiger partial charge in [-0.25, -0.2) is 9.18 Å². The first kappa shape index (κ1) is 12.4. The Kier molecular flexibility index (Phi) is 3.84. The Morgan fingerprint density at radius 2 is 2.19 bits per heavy atom. The first-order chi connectivity index (χ1) is 7.47. The first-order valence-electron chi connectivity index (χ1n) is 4.81. The number of esters is 1. The van der Waals surface area contributed by atoms with Gasteiger partial charge in [0.05, 0.1) is 6.61 Å². The van der Waals surface area contributed by atoms with Gasteiger partial charge in [-0.15, -0.1) is 0 Å². The van der Waals surface area contributed by atoms with Crippen LogP contribution in [-0.2, 0) is 9.53 Å². The van der Waals surface area contributed by atoms with Crippen LogP contribution in [0, 0.1) is 12.7 Å². The zero-order chi connectivity index (χ0) is 12.3. The molecular formula is C11H13FO4. The molecule has 0 aliphatic heterocycles. The van der Waals surface area contributed by atoms with Crippen LogP contribution in [0.1, 0.15) is 24.2 Å². The highest BCUT2D eigenvalue weighted by Gasteiger charge is 2.23. The minimum atomic E-state index is -1.72. The number of phenolic OH excluding ortho intramolecular Hbond substituents is 1. The quantitative estimate of drug-likeness (QED) is 0.768. The lowest BCUT2D eigenvalue weighted by Crippen LogP contribution is -2.16. The third kappa shape index (κ3) is 2.49. The molecule has 0 aromatic heterocycles. The summed E-state index contributed by atoms with van der Waals surface area (Å²) < 4.78 is 17.9. The molecule has 1 atom stereocenters. The standard InChI is InChI=1S/C11H13FO4/c1-3-16-11(15)10(14)7-5-9(13)6(2)4-8(7)12/h4-5,10,13-14H,3H2,1-2H3. The average Bonchev–Trinajstić information content (AvgIpc) is 2.23. The molecule has 0 aliphatic carbocycles. The summed E-state index contributed by atoms with van der Waals surface area (Å²) in [6.07, 6.45) is -1.72. The van der Waals surface area contributed by atoms with Crippen molar-refractivity contribution in [1.29, 1.82) is 0 Å². The fraction of sp³-hybridized carbons (Fsp3) is 0.364. The fourth-order valence-corrected chi connectivity index (χ4v) is 1.24. The van der Waals surface area contributed by atoms with E-state index in [0.717, 1.165) is 12.1 Å². The van der Waals surface area contributed by atoms with Crippen LogP contribution in [-0.4, -0.2) is 22.8 Å². The third-order valence-corrected chi connectivity index (χ3v) is 2.12. The van der Waals surface area contributed by atoms with Gasteiger partial charge >= 0.3 is 5.97 Å². The van der Waals surface area contributed by atoms with Crippen molar-refractivity contribution in [2.24, 2.45) is 0 Å². The Hall–Kier alpha value is -1.62. The van der Waals surface area contributed by atoms with Gasteiger partial charge in [-0.2, -0.15) is 0 Å². The Balaban J connectivity index is 3.04. The zero-order valence-corrected chi connectivity index (χ0v) is 9.03. The molecule has 0 saturated carbocycles. The molecule has 0 aliphatic rings. The maximum absolute atomic E-state index is 13.4. The molecule has 16 heavy (non-hydrogen) atoms. The van der Waals surface area contributed by atoms with Crippen LogP contribution in [0.15, 0.2) is 12.1 Å². The topological polar surface area (TPSA) is 66.8 Å². The lowest BCUT2D eigenvalue weighted by molar-refractivity contribution is -0.153. The normalized spacial score (nSPS) is 12.2. The lowest BCUT2D eigenvalue weighted by atomic mass is 10.1. The van der Waals surface area contributed by atoms with Crippen molar-refractivity contribution in [2.45, 2.75) is 20.0 Å².